The van der Waals surface area contributed by atoms with Crippen molar-refractivity contribution in [2.24, 2.45) is 0 Å². The van der Waals surface area contributed by atoms with Gasteiger partial charge in [0.25, 0.3) is 5.91 Å². The van der Waals surface area contributed by atoms with E-state index in [1.54, 1.807) is 0 Å². The summed E-state index contributed by atoms with van der Waals surface area (Å²) >= 11 is 0. The standard InChI is InChI=1S/C23H25N3O2/c27-23(25-16-20-15-24-22-12-6-7-13-26(20)22)17-28-21-11-5-4-10-19(21)14-18-8-2-1-3-9-18/h1-5,8-11,15H,6-7,12-14,16-17H2,(H,25,27). The Bertz CT molecular complexity index is 934. The fraction of sp³-hybridized carbons (Fsp3) is 0.304. The molecule has 1 aliphatic heterocycles. The molecule has 1 amide bonds. The molecule has 0 bridgehead atoms. The molecule has 2 aromatic carbocycles. The predicted molar refractivity (Wildman–Crippen MR) is 108 cm³/mol. The van der Waals surface area contributed by atoms with Crippen molar-refractivity contribution >= 4 is 5.91 Å². The second kappa shape index (κ2) is 8.74. The topological polar surface area (TPSA) is 56.1 Å². The molecule has 0 fully saturated rings. The van der Waals surface area contributed by atoms with Crippen LogP contribution in [-0.4, -0.2) is 22.1 Å². The number of nitrogens with zero attached hydrogens (tertiary/aromatic N) is 2. The van der Waals surface area contributed by atoms with Gasteiger partial charge < -0.3 is 14.6 Å². The molecule has 0 atom stereocenters. The molecular weight excluding hydrogens is 350 g/mol. The lowest BCUT2D eigenvalue weighted by atomic mass is 10.0. The number of hydrogen-bond acceptors (Lipinski definition) is 3. The van der Waals surface area contributed by atoms with Crippen LogP contribution in [0.3, 0.4) is 0 Å². The number of para-hydroxylation sites is 1. The van der Waals surface area contributed by atoms with Crippen LogP contribution >= 0.6 is 0 Å². The van der Waals surface area contributed by atoms with Crippen LogP contribution in [0, 0.1) is 0 Å². The highest BCUT2D eigenvalue weighted by Gasteiger charge is 2.14. The van der Waals surface area contributed by atoms with Crippen molar-refractivity contribution in [1.82, 2.24) is 14.9 Å². The zero-order valence-corrected chi connectivity index (χ0v) is 15.9. The average Bonchev–Trinajstić information content (AvgIpc) is 3.15. The minimum absolute atomic E-state index is 0.00674. The second-order valence-electron chi connectivity index (χ2n) is 7.11. The highest BCUT2D eigenvalue weighted by molar-refractivity contribution is 5.77. The summed E-state index contributed by atoms with van der Waals surface area (Å²) in [5.41, 5.74) is 3.35. The third kappa shape index (κ3) is 4.42. The van der Waals surface area contributed by atoms with Gasteiger partial charge in [0.2, 0.25) is 0 Å². The monoisotopic (exact) mass is 375 g/mol. The summed E-state index contributed by atoms with van der Waals surface area (Å²) in [5, 5.41) is 2.95. The third-order valence-corrected chi connectivity index (χ3v) is 5.09. The lowest BCUT2D eigenvalue weighted by Crippen LogP contribution is -2.29. The smallest absolute Gasteiger partial charge is 0.258 e. The van der Waals surface area contributed by atoms with Crippen molar-refractivity contribution in [1.29, 1.82) is 0 Å². The highest BCUT2D eigenvalue weighted by Crippen LogP contribution is 2.21. The van der Waals surface area contributed by atoms with E-state index >= 15 is 0 Å². The maximum atomic E-state index is 12.3. The molecule has 144 valence electrons. The van der Waals surface area contributed by atoms with E-state index in [0.29, 0.717) is 6.54 Å². The number of fused-ring (bicyclic) bond motifs is 1. The Morgan fingerprint density at radius 3 is 2.79 bits per heavy atom. The predicted octanol–water partition coefficient (Wildman–Crippen LogP) is 3.51. The molecule has 5 heteroatoms. The van der Waals surface area contributed by atoms with Gasteiger partial charge >= 0.3 is 0 Å². The summed E-state index contributed by atoms with van der Waals surface area (Å²) in [6.07, 6.45) is 6.04. The number of hydrogen-bond donors (Lipinski definition) is 1. The summed E-state index contributed by atoms with van der Waals surface area (Å²) in [4.78, 5) is 16.7. The Kier molecular flexibility index (Phi) is 5.71. The number of aromatic nitrogens is 2. The zero-order chi connectivity index (χ0) is 19.2. The van der Waals surface area contributed by atoms with Crippen molar-refractivity contribution < 1.29 is 9.53 Å². The largest absolute Gasteiger partial charge is 0.483 e. The van der Waals surface area contributed by atoms with Crippen molar-refractivity contribution in [2.45, 2.75) is 38.8 Å². The Labute approximate surface area is 165 Å². The number of nitrogens with one attached hydrogen (secondary N) is 1. The first kappa shape index (κ1) is 18.3. The summed E-state index contributed by atoms with van der Waals surface area (Å²) in [7, 11) is 0. The maximum Gasteiger partial charge on any atom is 0.258 e. The first-order valence-corrected chi connectivity index (χ1v) is 9.84. The van der Waals surface area contributed by atoms with E-state index in [4.69, 9.17) is 4.74 Å². The molecule has 5 nitrogen and oxygen atoms in total. The van der Waals surface area contributed by atoms with Crippen molar-refractivity contribution in [3.05, 3.63) is 83.4 Å². The fourth-order valence-corrected chi connectivity index (χ4v) is 3.61. The summed E-state index contributed by atoms with van der Waals surface area (Å²) in [6, 6.07) is 18.1. The van der Waals surface area contributed by atoms with Crippen LogP contribution in [0.5, 0.6) is 5.75 Å². The zero-order valence-electron chi connectivity index (χ0n) is 15.9. The van der Waals surface area contributed by atoms with Crippen molar-refractivity contribution in [3.8, 4) is 5.75 Å². The normalized spacial score (nSPS) is 13.0. The van der Waals surface area contributed by atoms with E-state index in [1.165, 1.54) is 18.4 Å². The average molecular weight is 375 g/mol. The first-order chi connectivity index (χ1) is 13.8. The lowest BCUT2D eigenvalue weighted by Gasteiger charge is -2.16. The molecule has 28 heavy (non-hydrogen) atoms. The van der Waals surface area contributed by atoms with E-state index in [9.17, 15) is 4.79 Å². The minimum Gasteiger partial charge on any atom is -0.483 e. The van der Waals surface area contributed by atoms with Crippen molar-refractivity contribution in [2.75, 3.05) is 6.61 Å². The van der Waals surface area contributed by atoms with Crippen LogP contribution in [0.4, 0.5) is 0 Å². The van der Waals surface area contributed by atoms with Gasteiger partial charge in [-0.2, -0.15) is 0 Å². The van der Waals surface area contributed by atoms with E-state index in [-0.39, 0.29) is 12.5 Å². The van der Waals surface area contributed by atoms with Crippen LogP contribution in [0.15, 0.2) is 60.8 Å². The highest BCUT2D eigenvalue weighted by atomic mass is 16.5. The molecule has 1 aliphatic rings. The Morgan fingerprint density at radius 1 is 1.07 bits per heavy atom. The van der Waals surface area contributed by atoms with Crippen LogP contribution in [0.1, 0.15) is 35.5 Å². The van der Waals surface area contributed by atoms with Gasteiger partial charge in [0.15, 0.2) is 6.61 Å². The van der Waals surface area contributed by atoms with Gasteiger partial charge in [-0.05, 0) is 30.0 Å². The number of imidazole rings is 1. The number of aryl methyl sites for hydroxylation is 1. The quantitative estimate of drug-likeness (QED) is 0.688. The van der Waals surface area contributed by atoms with Gasteiger partial charge in [0, 0.05) is 19.4 Å². The molecule has 0 spiro atoms. The van der Waals surface area contributed by atoms with Gasteiger partial charge in [0.1, 0.15) is 11.6 Å². The van der Waals surface area contributed by atoms with Gasteiger partial charge in [-0.1, -0.05) is 48.5 Å². The second-order valence-corrected chi connectivity index (χ2v) is 7.11. The maximum absolute atomic E-state index is 12.3. The van der Waals surface area contributed by atoms with E-state index < -0.39 is 0 Å². The molecule has 0 saturated heterocycles. The number of benzene rings is 2. The van der Waals surface area contributed by atoms with Gasteiger partial charge in [0.05, 0.1) is 18.4 Å². The van der Waals surface area contributed by atoms with Crippen LogP contribution in [0.2, 0.25) is 0 Å². The van der Waals surface area contributed by atoms with E-state index in [2.05, 4.69) is 27.0 Å². The van der Waals surface area contributed by atoms with Gasteiger partial charge in [-0.25, -0.2) is 4.98 Å². The molecular formula is C23H25N3O2. The van der Waals surface area contributed by atoms with Gasteiger partial charge in [-0.3, -0.25) is 4.79 Å². The molecule has 1 N–H and O–H groups in total. The van der Waals surface area contributed by atoms with Crippen LogP contribution < -0.4 is 10.1 Å². The van der Waals surface area contributed by atoms with E-state index in [1.807, 2.05) is 48.7 Å². The van der Waals surface area contributed by atoms with Crippen LogP contribution in [-0.2, 0) is 30.7 Å². The summed E-state index contributed by atoms with van der Waals surface area (Å²) in [6.45, 7) is 1.48. The molecule has 4 rings (SSSR count). The number of rotatable bonds is 7. The molecule has 0 saturated carbocycles. The number of ether oxygens (including phenoxy) is 1. The number of carbonyl (C=O) groups is 1. The third-order valence-electron chi connectivity index (χ3n) is 5.09. The first-order valence-electron chi connectivity index (χ1n) is 9.84. The van der Waals surface area contributed by atoms with E-state index in [0.717, 1.165) is 42.2 Å². The summed E-state index contributed by atoms with van der Waals surface area (Å²) < 4.78 is 8.04. The molecule has 0 radical (unpaired) electrons. The van der Waals surface area contributed by atoms with Gasteiger partial charge in [-0.15, -0.1) is 0 Å². The molecule has 0 unspecified atom stereocenters. The molecule has 3 aromatic rings. The molecule has 1 aromatic heterocycles. The van der Waals surface area contributed by atoms with Crippen molar-refractivity contribution in [3.63, 3.8) is 0 Å². The van der Waals surface area contributed by atoms with Crippen LogP contribution in [0.25, 0.3) is 0 Å². The summed E-state index contributed by atoms with van der Waals surface area (Å²) in [5.74, 6) is 1.76. The number of carbonyl (C=O) groups excluding carboxylic acids is 1. The SMILES string of the molecule is O=C(COc1ccccc1Cc1ccccc1)NCc1cnc2n1CCCC2. The number of amides is 1. The Balaban J connectivity index is 1.32. The molecule has 0 aliphatic carbocycles. The molecule has 2 heterocycles. The minimum atomic E-state index is -0.124. The Hall–Kier alpha value is -3.08. The lowest BCUT2D eigenvalue weighted by molar-refractivity contribution is -0.123. The fourth-order valence-electron chi connectivity index (χ4n) is 3.61. The Morgan fingerprint density at radius 2 is 1.89 bits per heavy atom.